The fraction of sp³-hybridized carbons (Fsp3) is 0.111. The summed E-state index contributed by atoms with van der Waals surface area (Å²) in [4.78, 5) is 0. The molecule has 0 bridgehead atoms. The lowest BCUT2D eigenvalue weighted by atomic mass is 9.65. The van der Waals surface area contributed by atoms with Crippen LogP contribution in [0.4, 0.5) is 11.4 Å². The molecule has 0 atom stereocenters. The summed E-state index contributed by atoms with van der Waals surface area (Å²) in [5.74, 6) is 3.12. The summed E-state index contributed by atoms with van der Waals surface area (Å²) in [5.41, 5.74) is 12.6. The predicted octanol–water partition coefficient (Wildman–Crippen LogP) is 10.1. The summed E-state index contributed by atoms with van der Waals surface area (Å²) in [5, 5.41) is 9.79. The number of hydrogen-bond donors (Lipinski definition) is 2. The van der Waals surface area contributed by atoms with Crippen molar-refractivity contribution >= 4 is 34.6 Å². The van der Waals surface area contributed by atoms with Crippen LogP contribution < -0.4 is 34.9 Å². The highest BCUT2D eigenvalue weighted by atomic mass is 16.5. The van der Waals surface area contributed by atoms with Gasteiger partial charge in [0.25, 0.3) is 0 Å². The highest BCUT2D eigenvalue weighted by Crippen LogP contribution is 2.42. The maximum atomic E-state index is 5.95. The van der Waals surface area contributed by atoms with E-state index in [1.807, 2.05) is 24.3 Å². The molecule has 1 heterocycles. The highest BCUT2D eigenvalue weighted by Gasteiger charge is 2.29. The first kappa shape index (κ1) is 32.8. The molecule has 256 valence electrons. The van der Waals surface area contributed by atoms with Crippen LogP contribution in [0.15, 0.2) is 133 Å². The first-order valence-electron chi connectivity index (χ1n) is 17.3. The quantitative estimate of drug-likeness (QED) is 0.148. The molecule has 0 saturated heterocycles. The third-order valence-electron chi connectivity index (χ3n) is 9.96. The zero-order valence-corrected chi connectivity index (χ0v) is 29.9. The van der Waals surface area contributed by atoms with Crippen molar-refractivity contribution in [2.24, 2.45) is 0 Å². The Morgan fingerprint density at radius 3 is 1.35 bits per heavy atom. The number of aryl methyl sites for hydroxylation is 1. The molecule has 6 nitrogen and oxygen atoms in total. The van der Waals surface area contributed by atoms with Crippen LogP contribution in [0.3, 0.4) is 0 Å². The van der Waals surface area contributed by atoms with E-state index < -0.39 is 0 Å². The molecule has 0 aliphatic carbocycles. The van der Waals surface area contributed by atoms with E-state index >= 15 is 0 Å². The number of nitrogens with one attached hydrogen (secondary N) is 2. The Balaban J connectivity index is 1.20. The van der Waals surface area contributed by atoms with Gasteiger partial charge in [0.05, 0.1) is 28.4 Å². The molecule has 1 aliphatic heterocycles. The Hall–Kier alpha value is -6.34. The summed E-state index contributed by atoms with van der Waals surface area (Å²) in [6, 6.07) is 46.4. The first-order valence-corrected chi connectivity index (χ1v) is 17.3. The highest BCUT2D eigenvalue weighted by molar-refractivity contribution is 6.81. The summed E-state index contributed by atoms with van der Waals surface area (Å²) in [6.07, 6.45) is 0. The minimum Gasteiger partial charge on any atom is -0.497 e. The summed E-state index contributed by atoms with van der Waals surface area (Å²) < 4.78 is 23.7. The molecule has 52 heavy (non-hydrogen) atoms. The van der Waals surface area contributed by atoms with E-state index in [0.29, 0.717) is 0 Å². The van der Waals surface area contributed by atoms with Gasteiger partial charge in [-0.1, -0.05) is 84.4 Å². The van der Waals surface area contributed by atoms with Gasteiger partial charge in [-0.2, -0.15) is 0 Å². The Bertz CT molecular complexity index is 2400. The zero-order valence-electron chi connectivity index (χ0n) is 29.9. The topological polar surface area (TPSA) is 61.0 Å². The van der Waals surface area contributed by atoms with Gasteiger partial charge in [-0.25, -0.2) is 0 Å². The van der Waals surface area contributed by atoms with Gasteiger partial charge in [0, 0.05) is 38.9 Å². The summed E-state index contributed by atoms with van der Waals surface area (Å²) in [6.45, 7) is 1.89. The van der Waals surface area contributed by atoms with Gasteiger partial charge in [-0.05, 0) is 94.7 Å². The second kappa shape index (κ2) is 13.8. The molecule has 0 radical (unpaired) electrons. The van der Waals surface area contributed by atoms with Crippen LogP contribution in [0.25, 0.3) is 55.3 Å². The van der Waals surface area contributed by atoms with Crippen LogP contribution in [0.2, 0.25) is 0 Å². The average Bonchev–Trinajstić information content (AvgIpc) is 3.20. The van der Waals surface area contributed by atoms with Gasteiger partial charge >= 0.3 is 6.98 Å². The van der Waals surface area contributed by atoms with E-state index in [2.05, 4.69) is 127 Å². The van der Waals surface area contributed by atoms with E-state index in [4.69, 9.17) is 18.9 Å². The smallest absolute Gasteiger partial charge is 0.409 e. The summed E-state index contributed by atoms with van der Waals surface area (Å²) in [7, 11) is 6.84. The predicted molar refractivity (Wildman–Crippen MR) is 216 cm³/mol. The van der Waals surface area contributed by atoms with Crippen molar-refractivity contribution in [2.75, 3.05) is 38.9 Å². The standard InChI is InChI=1S/C45H39BN2O4/c1-28-12-14-29(15-13-28)31-16-20-41(49-2)35(24-31)32-17-21-42(50-3)36(25-32)33-18-22-43(51-4)37(26-33)34-19-23-44(52-5)38(27-34)46-47-39-10-6-8-30-9-7-11-40(48-46)45(30)39/h6-27,47-48H,1-5H3. The lowest BCUT2D eigenvalue weighted by Crippen LogP contribution is -2.48. The molecular formula is C45H39BN2O4. The molecule has 0 aromatic heterocycles. The fourth-order valence-corrected chi connectivity index (χ4v) is 7.27. The van der Waals surface area contributed by atoms with Crippen LogP contribution >= 0.6 is 0 Å². The minimum atomic E-state index is -0.216. The van der Waals surface area contributed by atoms with Crippen LogP contribution in [-0.4, -0.2) is 35.4 Å². The van der Waals surface area contributed by atoms with Crippen LogP contribution in [0.5, 0.6) is 23.0 Å². The molecule has 7 heteroatoms. The van der Waals surface area contributed by atoms with Crippen molar-refractivity contribution < 1.29 is 18.9 Å². The zero-order chi connectivity index (χ0) is 35.8. The maximum absolute atomic E-state index is 5.95. The summed E-state index contributed by atoms with van der Waals surface area (Å²) >= 11 is 0. The van der Waals surface area contributed by atoms with E-state index in [1.165, 1.54) is 16.3 Å². The second-order valence-electron chi connectivity index (χ2n) is 13.0. The number of anilines is 2. The SMILES string of the molecule is COc1ccc(-c2cc(-c3cc(-c4cc(-c5ccc(C)cc5)ccc4OC)ccc3OC)ccc2OC)cc1B1Nc2cccc3cccc(c23)N1. The lowest BCUT2D eigenvalue weighted by Gasteiger charge is -2.28. The van der Waals surface area contributed by atoms with Gasteiger partial charge in [-0.15, -0.1) is 0 Å². The Labute approximate surface area is 305 Å². The van der Waals surface area contributed by atoms with Crippen LogP contribution in [0, 0.1) is 6.92 Å². The Kier molecular flexibility index (Phi) is 8.69. The number of rotatable bonds is 9. The van der Waals surface area contributed by atoms with E-state index in [9.17, 15) is 0 Å². The molecule has 7 aromatic rings. The van der Waals surface area contributed by atoms with Crippen LogP contribution in [0.1, 0.15) is 5.56 Å². The van der Waals surface area contributed by atoms with Crippen molar-refractivity contribution in [1.82, 2.24) is 0 Å². The van der Waals surface area contributed by atoms with Crippen molar-refractivity contribution in [1.29, 1.82) is 0 Å². The second-order valence-corrected chi connectivity index (χ2v) is 13.0. The van der Waals surface area contributed by atoms with Gasteiger partial charge in [0.15, 0.2) is 0 Å². The third-order valence-corrected chi connectivity index (χ3v) is 9.96. The van der Waals surface area contributed by atoms with Crippen LogP contribution in [-0.2, 0) is 0 Å². The monoisotopic (exact) mass is 682 g/mol. The largest absolute Gasteiger partial charge is 0.497 e. The molecule has 0 unspecified atom stereocenters. The van der Waals surface area contributed by atoms with E-state index in [1.54, 1.807) is 28.4 Å². The molecule has 2 N–H and O–H groups in total. The van der Waals surface area contributed by atoms with Gasteiger partial charge < -0.3 is 29.4 Å². The van der Waals surface area contributed by atoms with Crippen molar-refractivity contribution in [3.8, 4) is 67.5 Å². The molecule has 0 spiro atoms. The van der Waals surface area contributed by atoms with Gasteiger partial charge in [0.2, 0.25) is 0 Å². The van der Waals surface area contributed by atoms with Crippen molar-refractivity contribution in [3.05, 3.63) is 139 Å². The number of benzene rings is 7. The molecule has 1 aliphatic rings. The third kappa shape index (κ3) is 5.94. The minimum absolute atomic E-state index is 0.216. The number of ether oxygens (including phenoxy) is 4. The van der Waals surface area contributed by atoms with E-state index in [-0.39, 0.29) is 6.98 Å². The molecule has 7 aromatic carbocycles. The molecule has 0 fully saturated rings. The Morgan fingerprint density at radius 1 is 0.423 bits per heavy atom. The maximum Gasteiger partial charge on any atom is 0.409 e. The molecular weight excluding hydrogens is 643 g/mol. The average molecular weight is 683 g/mol. The fourth-order valence-electron chi connectivity index (χ4n) is 7.27. The normalized spacial score (nSPS) is 11.8. The molecule has 0 saturated carbocycles. The lowest BCUT2D eigenvalue weighted by molar-refractivity contribution is 0.415. The van der Waals surface area contributed by atoms with Crippen molar-refractivity contribution in [2.45, 2.75) is 6.92 Å². The number of methoxy groups -OCH3 is 4. The van der Waals surface area contributed by atoms with Gasteiger partial charge in [0.1, 0.15) is 23.0 Å². The van der Waals surface area contributed by atoms with Crippen molar-refractivity contribution in [3.63, 3.8) is 0 Å². The first-order chi connectivity index (χ1) is 25.5. The van der Waals surface area contributed by atoms with Gasteiger partial charge in [-0.3, -0.25) is 0 Å². The Morgan fingerprint density at radius 2 is 0.846 bits per heavy atom. The molecule has 0 amide bonds. The molecule has 8 rings (SSSR count). The number of hydrogen-bond acceptors (Lipinski definition) is 6. The van der Waals surface area contributed by atoms with E-state index in [0.717, 1.165) is 84.3 Å².